The molecule has 0 aromatic carbocycles. The van der Waals surface area contributed by atoms with Crippen LogP contribution in [0.5, 0.6) is 0 Å². The number of aliphatic carboxylic acids is 3. The number of carbonyl (C=O) groups excluding carboxylic acids is 3. The molecule has 38 nitrogen and oxygen atoms in total. The number of nitrogens with two attached hydrogens (primary N) is 1. The Balaban J connectivity index is 1.26. The maximum Gasteiger partial charge on any atom is 0.335 e. The van der Waals surface area contributed by atoms with Crippen LogP contribution in [-0.2, 0) is 85.6 Å². The van der Waals surface area contributed by atoms with E-state index < -0.39 is 239 Å². The lowest BCUT2D eigenvalue weighted by Gasteiger charge is -2.50. The molecule has 0 aromatic rings. The molecule has 0 bridgehead atoms. The molecule has 3 amide bonds. The molecule has 0 unspecified atom stereocenters. The van der Waals surface area contributed by atoms with Gasteiger partial charge in [0.25, 0.3) is 0 Å². The first kappa shape index (κ1) is 73.8. The SMILES string of the molecule is CCC(=O)N[C@H]1[C@H](O[C@H]2[C@H](O)[C@@H](O)[C@H](O[C@H]3[C@H](O)[C@@H](CO)O[C@@H](O[C@H]4[C@H](O)[C@@H](O)[C@H](O[C@H]5[C@H](O)[C@@H](CO)O[C@@H](OCCCCCCN)[C@@H]5NC(=O)CC)O[C@@H]4C(=O)O)[C@@H]3NC(=O)CC)O[C@@H]2C(=O)O)O[C@H](CO)[C@@H](O)[C@@H]1O[C@@H]1O[C@H](C(=O)O)[C@@H](O)[C@H](O)[C@H]1O. The van der Waals surface area contributed by atoms with Crippen molar-refractivity contribution in [1.82, 2.24) is 16.0 Å². The summed E-state index contributed by atoms with van der Waals surface area (Å²) in [6.07, 6.45) is -56.4. The topological polar surface area (TPSA) is 599 Å². The molecule has 21 N–H and O–H groups in total. The fourth-order valence-corrected chi connectivity index (χ4v) is 10.7. The summed E-state index contributed by atoms with van der Waals surface area (Å²) in [5.41, 5.74) is 5.58. The minimum Gasteiger partial charge on any atom is -0.479 e. The Labute approximate surface area is 506 Å². The van der Waals surface area contributed by atoms with E-state index in [1.165, 1.54) is 20.8 Å². The van der Waals surface area contributed by atoms with Crippen LogP contribution in [-0.4, -0.2) is 334 Å². The zero-order chi connectivity index (χ0) is 65.9. The highest BCUT2D eigenvalue weighted by Gasteiger charge is 2.60. The molecule has 0 saturated carbocycles. The first-order chi connectivity index (χ1) is 42.2. The molecule has 512 valence electrons. The Bertz CT molecular complexity index is 2300. The summed E-state index contributed by atoms with van der Waals surface area (Å²) in [4.78, 5) is 77.2. The summed E-state index contributed by atoms with van der Waals surface area (Å²) in [7, 11) is 0. The Morgan fingerprint density at radius 2 is 0.685 bits per heavy atom. The van der Waals surface area contributed by atoms with E-state index in [0.29, 0.717) is 19.4 Å². The van der Waals surface area contributed by atoms with Crippen molar-refractivity contribution < 1.29 is 167 Å². The smallest absolute Gasteiger partial charge is 0.335 e. The summed E-state index contributed by atoms with van der Waals surface area (Å²) >= 11 is 0. The van der Waals surface area contributed by atoms with Crippen LogP contribution in [0.25, 0.3) is 0 Å². The highest BCUT2D eigenvalue weighted by molar-refractivity contribution is 5.77. The van der Waals surface area contributed by atoms with Gasteiger partial charge in [0.15, 0.2) is 56.1 Å². The summed E-state index contributed by atoms with van der Waals surface area (Å²) < 4.78 is 69.2. The van der Waals surface area contributed by atoms with Gasteiger partial charge in [0.1, 0.15) is 128 Å². The van der Waals surface area contributed by atoms with E-state index >= 15 is 0 Å². The van der Waals surface area contributed by atoms with E-state index in [9.17, 15) is 110 Å². The Hall–Kier alpha value is -4.22. The Morgan fingerprint density at radius 3 is 1.02 bits per heavy atom. The molecule has 6 aliphatic heterocycles. The fraction of sp³-hybridized carbons (Fsp3) is 0.882. The Morgan fingerprint density at radius 1 is 0.371 bits per heavy atom. The fourth-order valence-electron chi connectivity index (χ4n) is 10.7. The summed E-state index contributed by atoms with van der Waals surface area (Å²) in [6.45, 7) is 1.58. The average Bonchev–Trinajstić information content (AvgIpc) is 0.820. The van der Waals surface area contributed by atoms with Gasteiger partial charge in [-0.05, 0) is 19.4 Å². The van der Waals surface area contributed by atoms with Gasteiger partial charge in [-0.1, -0.05) is 33.6 Å². The number of hydrogen-bond donors (Lipinski definition) is 20. The largest absolute Gasteiger partial charge is 0.479 e. The van der Waals surface area contributed by atoms with Gasteiger partial charge >= 0.3 is 17.9 Å². The van der Waals surface area contributed by atoms with Crippen molar-refractivity contribution >= 4 is 35.6 Å². The number of nitrogens with one attached hydrogen (secondary N) is 3. The molecule has 6 heterocycles. The van der Waals surface area contributed by atoms with E-state index in [4.69, 9.17) is 62.6 Å². The molecular weight excluding hydrogens is 1210 g/mol. The lowest BCUT2D eigenvalue weighted by atomic mass is 9.93. The zero-order valence-electron chi connectivity index (χ0n) is 48.4. The van der Waals surface area contributed by atoms with Crippen LogP contribution in [0.2, 0.25) is 0 Å². The second kappa shape index (κ2) is 33.6. The number of hydrogen-bond acceptors (Lipinski definition) is 32. The van der Waals surface area contributed by atoms with Crippen LogP contribution in [0.1, 0.15) is 65.7 Å². The summed E-state index contributed by atoms with van der Waals surface area (Å²) in [5.74, 6) is -8.15. The third kappa shape index (κ3) is 17.3. The highest BCUT2D eigenvalue weighted by Crippen LogP contribution is 2.38. The van der Waals surface area contributed by atoms with Gasteiger partial charge in [0.2, 0.25) is 17.7 Å². The lowest BCUT2D eigenvalue weighted by Crippen LogP contribution is -2.71. The van der Waals surface area contributed by atoms with Gasteiger partial charge in [-0.15, -0.1) is 0 Å². The normalized spacial score (nSPS) is 42.7. The monoisotopic (exact) mass is 1300 g/mol. The molecule has 6 aliphatic rings. The molecule has 30 atom stereocenters. The molecule has 89 heavy (non-hydrogen) atoms. The first-order valence-corrected chi connectivity index (χ1v) is 28.9. The number of rotatable bonds is 29. The van der Waals surface area contributed by atoms with Gasteiger partial charge in [0.05, 0.1) is 19.8 Å². The zero-order valence-corrected chi connectivity index (χ0v) is 48.4. The third-order valence-electron chi connectivity index (χ3n) is 15.7. The molecule has 0 aliphatic carbocycles. The molecule has 0 radical (unpaired) electrons. The number of carboxylic acids is 3. The quantitative estimate of drug-likeness (QED) is 0.0309. The third-order valence-corrected chi connectivity index (χ3v) is 15.7. The van der Waals surface area contributed by atoms with E-state index in [-0.39, 0.29) is 25.9 Å². The molecule has 0 aromatic heterocycles. The minimum absolute atomic E-state index is 0.0415. The number of unbranched alkanes of at least 4 members (excludes halogenated alkanes) is 3. The second-order valence-corrected chi connectivity index (χ2v) is 21.8. The number of aliphatic hydroxyl groups excluding tert-OH is 13. The maximum absolute atomic E-state index is 13.3. The number of ether oxygens (including phenoxy) is 12. The Kier molecular flexibility index (Phi) is 27.8. The van der Waals surface area contributed by atoms with Gasteiger partial charge in [-0.3, -0.25) is 14.4 Å². The van der Waals surface area contributed by atoms with E-state index in [1.807, 2.05) is 0 Å². The van der Waals surface area contributed by atoms with Crippen molar-refractivity contribution in [2.45, 2.75) is 250 Å². The predicted octanol–water partition coefficient (Wildman–Crippen LogP) is -10.7. The van der Waals surface area contributed by atoms with Crippen molar-refractivity contribution in [3.63, 3.8) is 0 Å². The van der Waals surface area contributed by atoms with Crippen molar-refractivity contribution in [2.75, 3.05) is 33.0 Å². The van der Waals surface area contributed by atoms with Crippen LogP contribution in [0, 0.1) is 0 Å². The van der Waals surface area contributed by atoms with Crippen LogP contribution >= 0.6 is 0 Å². The van der Waals surface area contributed by atoms with Crippen LogP contribution in [0.4, 0.5) is 0 Å². The van der Waals surface area contributed by atoms with E-state index in [1.54, 1.807) is 0 Å². The standard InChI is InChI=1S/C51H84N4O34/c1-4-19(59)53-22-35(25(62)16(13-56)79-46(22)78-12-10-8-7-9-11-52)82-50-33(70)30(67)38(41(88-50)44(74)75)86-48-24(55-21(61)6-3)37(27(64)18(15-58)81-48)84-51-34(71)31(68)39(42(89-51)45(76)77)85-47-23(54-20(60)5-2)36(26(63)17(14-57)80-47)83-49-32(69)28(65)29(66)40(87-49)43(72)73/h16-18,22-42,46-51,56-58,62-71H,4-15,52H2,1-3H3,(H,53,59)(H,54,60)(H,55,61)(H,72,73)(H,74,75)(H,76,77)/t16-,17-,18-,22-,23-,24-,25-,26-,27-,28+,29+,30-,31-,32-,33-,34-,35-,36-,37-,38+,39+,40+,41+,42+,46-,47+,48+,49-,50-,51-/m1/s1. The first-order valence-electron chi connectivity index (χ1n) is 28.9. The highest BCUT2D eigenvalue weighted by atomic mass is 16.8. The van der Waals surface area contributed by atoms with Gasteiger partial charge in [0, 0.05) is 25.9 Å². The number of carbonyl (C=O) groups is 6. The van der Waals surface area contributed by atoms with Crippen molar-refractivity contribution in [1.29, 1.82) is 0 Å². The molecule has 38 heteroatoms. The number of aliphatic hydroxyl groups is 13. The van der Waals surface area contributed by atoms with Crippen molar-refractivity contribution in [3.05, 3.63) is 0 Å². The molecule has 6 saturated heterocycles. The molecule has 0 spiro atoms. The van der Waals surface area contributed by atoms with E-state index in [0.717, 1.165) is 12.8 Å². The minimum atomic E-state index is -2.52. The number of amides is 3. The van der Waals surface area contributed by atoms with Gasteiger partial charge in [-0.25, -0.2) is 14.4 Å². The number of carboxylic acid groups (broad SMARTS) is 3. The second-order valence-electron chi connectivity index (χ2n) is 21.8. The summed E-state index contributed by atoms with van der Waals surface area (Å²) in [5, 5.41) is 182. The van der Waals surface area contributed by atoms with Crippen molar-refractivity contribution in [2.24, 2.45) is 5.73 Å². The maximum atomic E-state index is 13.3. The molecule has 6 rings (SSSR count). The van der Waals surface area contributed by atoms with Gasteiger partial charge in [-0.2, -0.15) is 0 Å². The van der Waals surface area contributed by atoms with E-state index in [2.05, 4.69) is 16.0 Å². The van der Waals surface area contributed by atoms with Crippen LogP contribution in [0.3, 0.4) is 0 Å². The molecular formula is C51H84N4O34. The van der Waals surface area contributed by atoms with Gasteiger partial charge < -0.3 is 160 Å². The van der Waals surface area contributed by atoms with Crippen LogP contribution in [0.15, 0.2) is 0 Å². The summed E-state index contributed by atoms with van der Waals surface area (Å²) in [6, 6.07) is -5.36. The average molecular weight is 1300 g/mol. The lowest BCUT2D eigenvalue weighted by molar-refractivity contribution is -0.377. The van der Waals surface area contributed by atoms with Crippen molar-refractivity contribution in [3.8, 4) is 0 Å². The molecule has 6 fully saturated rings. The van der Waals surface area contributed by atoms with Crippen LogP contribution < -0.4 is 21.7 Å². The predicted molar refractivity (Wildman–Crippen MR) is 281 cm³/mol.